The molecule has 3 rings (SSSR count). The molecule has 0 fully saturated rings. The molecule has 0 aliphatic carbocycles. The number of hydrogen-bond donors (Lipinski definition) is 2. The molecule has 3 aromatic rings. The molecule has 0 aliphatic heterocycles. The average Bonchev–Trinajstić information content (AvgIpc) is 2.36. The van der Waals surface area contributed by atoms with Gasteiger partial charge in [-0.15, -0.1) is 0 Å². The van der Waals surface area contributed by atoms with Crippen LogP contribution in [0.1, 0.15) is 10.4 Å². The highest BCUT2D eigenvalue weighted by Gasteiger charge is 2.12. The molecule has 0 atom stereocenters. The topological polar surface area (TPSA) is 83.3 Å². The van der Waals surface area contributed by atoms with Crippen LogP contribution in [0.4, 0.5) is 0 Å². The zero-order valence-electron chi connectivity index (χ0n) is 9.16. The van der Waals surface area contributed by atoms with Crippen molar-refractivity contribution in [3.63, 3.8) is 0 Å². The Bertz CT molecular complexity index is 784. The SMILES string of the molecule is O=C(O)c1cccc2nc3c(O)cccc3nc12. The van der Waals surface area contributed by atoms with Crippen LogP contribution >= 0.6 is 0 Å². The van der Waals surface area contributed by atoms with Gasteiger partial charge in [0, 0.05) is 0 Å². The van der Waals surface area contributed by atoms with Crippen LogP contribution in [-0.2, 0) is 0 Å². The molecule has 1 heterocycles. The molecular weight excluding hydrogens is 232 g/mol. The number of aromatic hydroxyl groups is 1. The van der Waals surface area contributed by atoms with E-state index in [0.717, 1.165) is 0 Å². The highest BCUT2D eigenvalue weighted by Crippen LogP contribution is 2.24. The van der Waals surface area contributed by atoms with Crippen LogP contribution < -0.4 is 0 Å². The highest BCUT2D eigenvalue weighted by atomic mass is 16.4. The largest absolute Gasteiger partial charge is 0.506 e. The van der Waals surface area contributed by atoms with E-state index in [2.05, 4.69) is 9.97 Å². The molecule has 2 N–H and O–H groups in total. The van der Waals surface area contributed by atoms with Crippen molar-refractivity contribution >= 4 is 28.0 Å². The number of phenolic OH excluding ortho intramolecular Hbond substituents is 1. The van der Waals surface area contributed by atoms with Crippen molar-refractivity contribution in [2.24, 2.45) is 0 Å². The molecule has 1 aromatic heterocycles. The smallest absolute Gasteiger partial charge is 0.337 e. The zero-order valence-corrected chi connectivity index (χ0v) is 9.16. The fraction of sp³-hybridized carbons (Fsp3) is 0. The van der Waals surface area contributed by atoms with Crippen LogP contribution in [0.2, 0.25) is 0 Å². The van der Waals surface area contributed by atoms with Crippen molar-refractivity contribution in [1.82, 2.24) is 9.97 Å². The summed E-state index contributed by atoms with van der Waals surface area (Å²) >= 11 is 0. The van der Waals surface area contributed by atoms with Gasteiger partial charge in [0.15, 0.2) is 0 Å². The Morgan fingerprint density at radius 2 is 1.56 bits per heavy atom. The number of benzene rings is 2. The molecule has 0 spiro atoms. The molecule has 18 heavy (non-hydrogen) atoms. The number of hydrogen-bond acceptors (Lipinski definition) is 4. The molecule has 5 nitrogen and oxygen atoms in total. The molecule has 88 valence electrons. The fourth-order valence-electron chi connectivity index (χ4n) is 1.88. The second-order valence-electron chi connectivity index (χ2n) is 3.85. The number of rotatable bonds is 1. The number of carboxylic acid groups (broad SMARTS) is 1. The lowest BCUT2D eigenvalue weighted by Gasteiger charge is -2.04. The van der Waals surface area contributed by atoms with Gasteiger partial charge >= 0.3 is 5.97 Å². The molecule has 0 amide bonds. The van der Waals surface area contributed by atoms with E-state index in [1.165, 1.54) is 12.1 Å². The van der Waals surface area contributed by atoms with Crippen molar-refractivity contribution < 1.29 is 15.0 Å². The Kier molecular flexibility index (Phi) is 2.13. The van der Waals surface area contributed by atoms with Crippen LogP contribution in [-0.4, -0.2) is 26.2 Å². The third kappa shape index (κ3) is 1.45. The maximum absolute atomic E-state index is 11.1. The van der Waals surface area contributed by atoms with E-state index in [4.69, 9.17) is 5.11 Å². The van der Waals surface area contributed by atoms with Crippen molar-refractivity contribution in [3.05, 3.63) is 42.0 Å². The second kappa shape index (κ2) is 3.66. The van der Waals surface area contributed by atoms with Gasteiger partial charge < -0.3 is 10.2 Å². The minimum atomic E-state index is -1.05. The van der Waals surface area contributed by atoms with Gasteiger partial charge in [-0.3, -0.25) is 0 Å². The standard InChI is InChI=1S/C13H8N2O3/c16-10-6-2-5-9-12(10)15-8-4-1-3-7(13(17)18)11(8)14-9/h1-6,16H,(H,17,18). The number of carbonyl (C=O) groups is 1. The van der Waals surface area contributed by atoms with Crippen LogP contribution in [0.5, 0.6) is 5.75 Å². The molecule has 0 saturated heterocycles. The maximum Gasteiger partial charge on any atom is 0.337 e. The number of nitrogens with zero attached hydrogens (tertiary/aromatic N) is 2. The summed E-state index contributed by atoms with van der Waals surface area (Å²) in [6, 6.07) is 9.59. The first-order valence-electron chi connectivity index (χ1n) is 5.28. The third-order valence-corrected chi connectivity index (χ3v) is 2.70. The number of fused-ring (bicyclic) bond motifs is 2. The molecular formula is C13H8N2O3. The minimum absolute atomic E-state index is 0.0302. The first-order chi connectivity index (χ1) is 8.66. The Labute approximate surface area is 101 Å². The van der Waals surface area contributed by atoms with Gasteiger partial charge in [0.25, 0.3) is 0 Å². The first kappa shape index (κ1) is 10.5. The summed E-state index contributed by atoms with van der Waals surface area (Å²) in [5.74, 6) is -1.02. The Morgan fingerprint density at radius 1 is 0.944 bits per heavy atom. The van der Waals surface area contributed by atoms with Gasteiger partial charge in [0.1, 0.15) is 16.8 Å². The zero-order chi connectivity index (χ0) is 12.7. The van der Waals surface area contributed by atoms with Gasteiger partial charge in [-0.1, -0.05) is 12.1 Å². The van der Waals surface area contributed by atoms with E-state index >= 15 is 0 Å². The predicted molar refractivity (Wildman–Crippen MR) is 65.7 cm³/mol. The molecule has 0 saturated carbocycles. The van der Waals surface area contributed by atoms with E-state index < -0.39 is 5.97 Å². The van der Waals surface area contributed by atoms with Gasteiger partial charge in [-0.2, -0.15) is 0 Å². The van der Waals surface area contributed by atoms with Crippen molar-refractivity contribution in [2.45, 2.75) is 0 Å². The molecule has 0 aliphatic rings. The van der Waals surface area contributed by atoms with Gasteiger partial charge in [0.05, 0.1) is 16.6 Å². The van der Waals surface area contributed by atoms with Crippen LogP contribution in [0.25, 0.3) is 22.1 Å². The third-order valence-electron chi connectivity index (χ3n) is 2.70. The Morgan fingerprint density at radius 3 is 2.28 bits per heavy atom. The van der Waals surface area contributed by atoms with Crippen molar-refractivity contribution in [2.75, 3.05) is 0 Å². The van der Waals surface area contributed by atoms with Crippen molar-refractivity contribution in [3.8, 4) is 5.75 Å². The maximum atomic E-state index is 11.1. The van der Waals surface area contributed by atoms with E-state index in [1.807, 2.05) is 0 Å². The summed E-state index contributed by atoms with van der Waals surface area (Å²) in [6.07, 6.45) is 0. The number of aromatic nitrogens is 2. The lowest BCUT2D eigenvalue weighted by molar-refractivity contribution is 0.0699. The molecule has 0 bridgehead atoms. The number of carboxylic acids is 1. The molecule has 2 aromatic carbocycles. The van der Waals surface area contributed by atoms with Crippen LogP contribution in [0.3, 0.4) is 0 Å². The summed E-state index contributed by atoms with van der Waals surface area (Å²) in [5, 5.41) is 18.8. The van der Waals surface area contributed by atoms with Gasteiger partial charge in [-0.25, -0.2) is 14.8 Å². The Hall–Kier alpha value is -2.69. The average molecular weight is 240 g/mol. The minimum Gasteiger partial charge on any atom is -0.506 e. The number of para-hydroxylation sites is 2. The fourth-order valence-corrected chi connectivity index (χ4v) is 1.88. The predicted octanol–water partition coefficient (Wildman–Crippen LogP) is 2.19. The van der Waals surface area contributed by atoms with E-state index in [9.17, 15) is 9.90 Å². The summed E-state index contributed by atoms with van der Waals surface area (Å²) < 4.78 is 0. The highest BCUT2D eigenvalue weighted by molar-refractivity contribution is 6.02. The van der Waals surface area contributed by atoms with E-state index in [1.54, 1.807) is 24.3 Å². The van der Waals surface area contributed by atoms with Gasteiger partial charge in [-0.05, 0) is 24.3 Å². The first-order valence-corrected chi connectivity index (χ1v) is 5.28. The molecule has 0 unspecified atom stereocenters. The Balaban J connectivity index is 2.49. The van der Waals surface area contributed by atoms with Gasteiger partial charge in [0.2, 0.25) is 0 Å². The summed E-state index contributed by atoms with van der Waals surface area (Å²) in [6.45, 7) is 0. The van der Waals surface area contributed by atoms with Crippen LogP contribution in [0, 0.1) is 0 Å². The van der Waals surface area contributed by atoms with E-state index in [-0.39, 0.29) is 11.3 Å². The quantitative estimate of drug-likeness (QED) is 0.637. The number of aromatic carboxylic acids is 1. The summed E-state index contributed by atoms with van der Waals surface area (Å²) in [5.41, 5.74) is 1.71. The van der Waals surface area contributed by atoms with Crippen molar-refractivity contribution in [1.29, 1.82) is 0 Å². The number of phenols is 1. The second-order valence-corrected chi connectivity index (χ2v) is 3.85. The monoisotopic (exact) mass is 240 g/mol. The molecule has 0 radical (unpaired) electrons. The normalized spacial score (nSPS) is 10.9. The summed E-state index contributed by atoms with van der Waals surface area (Å²) in [4.78, 5) is 19.6. The van der Waals surface area contributed by atoms with Crippen LogP contribution in [0.15, 0.2) is 36.4 Å². The lowest BCUT2D eigenvalue weighted by Crippen LogP contribution is -2.00. The lowest BCUT2D eigenvalue weighted by atomic mass is 10.1. The summed E-state index contributed by atoms with van der Waals surface area (Å²) in [7, 11) is 0. The van der Waals surface area contributed by atoms with E-state index in [0.29, 0.717) is 22.1 Å². The molecule has 5 heteroatoms.